The number of carbonyl (C=O) groups excluding carboxylic acids is 1. The van der Waals surface area contributed by atoms with Crippen molar-refractivity contribution in [3.63, 3.8) is 0 Å². The summed E-state index contributed by atoms with van der Waals surface area (Å²) in [5.74, 6) is -1.38. The molecule has 0 radical (unpaired) electrons. The lowest BCUT2D eigenvalue weighted by Gasteiger charge is -2.08. The summed E-state index contributed by atoms with van der Waals surface area (Å²) >= 11 is 5.66. The number of imidazole rings is 1. The summed E-state index contributed by atoms with van der Waals surface area (Å²) in [5.41, 5.74) is -0.0698. The number of carbonyl (C=O) groups is 1. The fourth-order valence-electron chi connectivity index (χ4n) is 2.22. The number of nitro groups is 1. The Morgan fingerprint density at radius 3 is 2.72 bits per heavy atom. The normalized spacial score (nSPS) is 10.5. The van der Waals surface area contributed by atoms with E-state index in [9.17, 15) is 19.3 Å². The van der Waals surface area contributed by atoms with Gasteiger partial charge in [-0.25, -0.2) is 9.37 Å². The third kappa shape index (κ3) is 3.48. The predicted molar refractivity (Wildman–Crippen MR) is 89.6 cm³/mol. The zero-order chi connectivity index (χ0) is 18.0. The number of hydrogen-bond donors (Lipinski definition) is 1. The Balaban J connectivity index is 1.93. The topological polar surface area (TPSA) is 90.1 Å². The van der Waals surface area contributed by atoms with Crippen LogP contribution >= 0.6 is 11.6 Å². The van der Waals surface area contributed by atoms with E-state index >= 15 is 0 Å². The molecule has 1 amide bonds. The number of amides is 1. The second-order valence-electron chi connectivity index (χ2n) is 5.01. The van der Waals surface area contributed by atoms with E-state index < -0.39 is 16.6 Å². The molecule has 126 valence electrons. The molecule has 2 aromatic carbocycles. The van der Waals surface area contributed by atoms with E-state index in [4.69, 9.17) is 11.6 Å². The molecular weight excluding hydrogens is 351 g/mol. The molecular formula is C16H10ClFN4O3. The van der Waals surface area contributed by atoms with Gasteiger partial charge in [-0.3, -0.25) is 14.9 Å². The predicted octanol–water partition coefficient (Wildman–Crippen LogP) is 3.83. The molecule has 9 heteroatoms. The van der Waals surface area contributed by atoms with Gasteiger partial charge in [-0.05, 0) is 30.3 Å². The number of nitro benzene ring substituents is 1. The van der Waals surface area contributed by atoms with E-state index in [2.05, 4.69) is 10.3 Å². The lowest BCUT2D eigenvalue weighted by Crippen LogP contribution is -2.13. The van der Waals surface area contributed by atoms with Crippen molar-refractivity contribution in [1.82, 2.24) is 9.55 Å². The van der Waals surface area contributed by atoms with Crippen molar-refractivity contribution in [2.45, 2.75) is 0 Å². The number of anilines is 1. The molecule has 0 saturated carbocycles. The molecule has 7 nitrogen and oxygen atoms in total. The Morgan fingerprint density at radius 2 is 2.08 bits per heavy atom. The Kier molecular flexibility index (Phi) is 4.44. The number of rotatable bonds is 4. The number of halogens is 2. The van der Waals surface area contributed by atoms with Gasteiger partial charge in [-0.15, -0.1) is 0 Å². The van der Waals surface area contributed by atoms with Gasteiger partial charge in [-0.1, -0.05) is 11.6 Å². The fraction of sp³-hybridized carbons (Fsp3) is 0. The molecule has 0 spiro atoms. The first-order valence-corrected chi connectivity index (χ1v) is 7.36. The van der Waals surface area contributed by atoms with Crippen molar-refractivity contribution in [3.05, 3.63) is 81.6 Å². The van der Waals surface area contributed by atoms with Gasteiger partial charge in [-0.2, -0.15) is 0 Å². The largest absolute Gasteiger partial charge is 0.319 e. The minimum absolute atomic E-state index is 0.0184. The third-order valence-corrected chi connectivity index (χ3v) is 3.63. The van der Waals surface area contributed by atoms with Crippen molar-refractivity contribution < 1.29 is 14.1 Å². The Hall–Kier alpha value is -3.26. The van der Waals surface area contributed by atoms with Gasteiger partial charge in [0.15, 0.2) is 0 Å². The van der Waals surface area contributed by atoms with Crippen LogP contribution in [-0.4, -0.2) is 20.4 Å². The van der Waals surface area contributed by atoms with Crippen LogP contribution in [0.2, 0.25) is 5.02 Å². The Labute approximate surface area is 145 Å². The summed E-state index contributed by atoms with van der Waals surface area (Å²) in [6, 6.07) is 7.74. The van der Waals surface area contributed by atoms with Gasteiger partial charge in [0.05, 0.1) is 16.9 Å². The minimum Gasteiger partial charge on any atom is -0.319 e. The molecule has 1 heterocycles. The number of aromatic nitrogens is 2. The van der Waals surface area contributed by atoms with E-state index in [1.165, 1.54) is 41.4 Å². The monoisotopic (exact) mass is 360 g/mol. The van der Waals surface area contributed by atoms with Crippen LogP contribution in [0.3, 0.4) is 0 Å². The molecule has 0 aliphatic rings. The first kappa shape index (κ1) is 16.6. The lowest BCUT2D eigenvalue weighted by atomic mass is 10.1. The van der Waals surface area contributed by atoms with Gasteiger partial charge < -0.3 is 9.88 Å². The zero-order valence-electron chi connectivity index (χ0n) is 12.5. The molecule has 0 unspecified atom stereocenters. The molecule has 0 fully saturated rings. The maximum Gasteiger partial charge on any atom is 0.294 e. The smallest absolute Gasteiger partial charge is 0.294 e. The Morgan fingerprint density at radius 1 is 1.28 bits per heavy atom. The number of nitrogens with one attached hydrogen (secondary N) is 1. The van der Waals surface area contributed by atoms with E-state index in [1.807, 2.05) is 0 Å². The van der Waals surface area contributed by atoms with Gasteiger partial charge in [0.1, 0.15) is 11.5 Å². The summed E-state index contributed by atoms with van der Waals surface area (Å²) < 4.78 is 15.2. The third-order valence-electron chi connectivity index (χ3n) is 3.40. The van der Waals surface area contributed by atoms with Crippen LogP contribution in [0.4, 0.5) is 15.8 Å². The summed E-state index contributed by atoms with van der Waals surface area (Å²) in [4.78, 5) is 26.8. The lowest BCUT2D eigenvalue weighted by molar-refractivity contribution is -0.384. The highest BCUT2D eigenvalue weighted by Gasteiger charge is 2.19. The molecule has 0 saturated heterocycles. The first-order chi connectivity index (χ1) is 12.0. The van der Waals surface area contributed by atoms with Crippen LogP contribution in [0.25, 0.3) is 5.69 Å². The van der Waals surface area contributed by atoms with Gasteiger partial charge >= 0.3 is 0 Å². The molecule has 25 heavy (non-hydrogen) atoms. The Bertz CT molecular complexity index is 960. The molecule has 0 atom stereocenters. The van der Waals surface area contributed by atoms with E-state index in [-0.39, 0.29) is 27.6 Å². The van der Waals surface area contributed by atoms with Crippen molar-refractivity contribution in [1.29, 1.82) is 0 Å². The fourth-order valence-corrected chi connectivity index (χ4v) is 2.37. The average molecular weight is 361 g/mol. The number of benzene rings is 2. The maximum absolute atomic E-state index is 13.8. The van der Waals surface area contributed by atoms with E-state index in [0.717, 1.165) is 12.1 Å². The van der Waals surface area contributed by atoms with Gasteiger partial charge in [0, 0.05) is 29.0 Å². The molecule has 1 N–H and O–H groups in total. The van der Waals surface area contributed by atoms with Crippen molar-refractivity contribution in [3.8, 4) is 5.69 Å². The highest BCUT2D eigenvalue weighted by Crippen LogP contribution is 2.25. The van der Waals surface area contributed by atoms with Crippen LogP contribution < -0.4 is 5.32 Å². The van der Waals surface area contributed by atoms with Crippen LogP contribution in [-0.2, 0) is 0 Å². The maximum atomic E-state index is 13.8. The molecule has 1 aromatic heterocycles. The second-order valence-corrected chi connectivity index (χ2v) is 5.45. The standard InChI is InChI=1S/C16H10ClFN4O3/c17-11-2-3-13(12(18)8-11)20-16(23)10-1-4-14(15(7-10)22(24)25)21-6-5-19-9-21/h1-9H,(H,20,23). The first-order valence-electron chi connectivity index (χ1n) is 6.99. The average Bonchev–Trinajstić information content (AvgIpc) is 3.11. The van der Waals surface area contributed by atoms with E-state index in [0.29, 0.717) is 0 Å². The molecule has 0 aliphatic carbocycles. The van der Waals surface area contributed by atoms with Crippen molar-refractivity contribution >= 4 is 28.9 Å². The quantitative estimate of drug-likeness (QED) is 0.565. The summed E-state index contributed by atoms with van der Waals surface area (Å²) in [5, 5.41) is 13.9. The van der Waals surface area contributed by atoms with Crippen LogP contribution in [0.5, 0.6) is 0 Å². The van der Waals surface area contributed by atoms with Gasteiger partial charge in [0.2, 0.25) is 0 Å². The van der Waals surface area contributed by atoms with Crippen molar-refractivity contribution in [2.24, 2.45) is 0 Å². The number of nitrogens with zero attached hydrogens (tertiary/aromatic N) is 3. The van der Waals surface area contributed by atoms with Gasteiger partial charge in [0.25, 0.3) is 11.6 Å². The second kappa shape index (κ2) is 6.70. The van der Waals surface area contributed by atoms with Crippen LogP contribution in [0, 0.1) is 15.9 Å². The van der Waals surface area contributed by atoms with E-state index in [1.54, 1.807) is 6.20 Å². The molecule has 3 aromatic rings. The molecule has 3 rings (SSSR count). The molecule has 0 bridgehead atoms. The van der Waals surface area contributed by atoms with Crippen molar-refractivity contribution in [2.75, 3.05) is 5.32 Å². The summed E-state index contributed by atoms with van der Waals surface area (Å²) in [7, 11) is 0. The zero-order valence-corrected chi connectivity index (χ0v) is 13.3. The van der Waals surface area contributed by atoms with Crippen LogP contribution in [0.1, 0.15) is 10.4 Å². The van der Waals surface area contributed by atoms with Crippen LogP contribution in [0.15, 0.2) is 55.1 Å². The SMILES string of the molecule is O=C(Nc1ccc(Cl)cc1F)c1ccc(-n2ccnc2)c([N+](=O)[O-])c1. The molecule has 0 aliphatic heterocycles. The highest BCUT2D eigenvalue weighted by atomic mass is 35.5. The minimum atomic E-state index is -0.703. The highest BCUT2D eigenvalue weighted by molar-refractivity contribution is 6.30. The summed E-state index contributed by atoms with van der Waals surface area (Å²) in [6.45, 7) is 0. The number of hydrogen-bond acceptors (Lipinski definition) is 4. The summed E-state index contributed by atoms with van der Waals surface area (Å²) in [6.07, 6.45) is 4.43.